The summed E-state index contributed by atoms with van der Waals surface area (Å²) in [6.45, 7) is 4.12. The molecule has 0 bridgehead atoms. The van der Waals surface area contributed by atoms with Gasteiger partial charge in [-0.3, -0.25) is 0 Å². The van der Waals surface area contributed by atoms with Gasteiger partial charge in [0.2, 0.25) is 0 Å². The summed E-state index contributed by atoms with van der Waals surface area (Å²) in [5.74, 6) is 0.770. The zero-order valence-electron chi connectivity index (χ0n) is 8.06. The first-order valence-corrected chi connectivity index (χ1v) is 4.75. The second-order valence-corrected chi connectivity index (χ2v) is 3.80. The third-order valence-corrected chi connectivity index (χ3v) is 2.86. The van der Waals surface area contributed by atoms with Gasteiger partial charge in [-0.15, -0.1) is 5.10 Å². The highest BCUT2D eigenvalue weighted by Crippen LogP contribution is 2.39. The van der Waals surface area contributed by atoms with E-state index in [1.807, 2.05) is 11.6 Å². The first-order chi connectivity index (χ1) is 6.24. The third kappa shape index (κ3) is 1.46. The van der Waals surface area contributed by atoms with E-state index in [0.29, 0.717) is 11.7 Å². The number of aliphatic hydroxyl groups is 1. The average Bonchev–Trinajstić information content (AvgIpc) is 2.89. The van der Waals surface area contributed by atoms with Crippen LogP contribution >= 0.6 is 0 Å². The largest absolute Gasteiger partial charge is 0.390 e. The van der Waals surface area contributed by atoms with Crippen molar-refractivity contribution < 1.29 is 5.11 Å². The zero-order chi connectivity index (χ0) is 9.42. The molecule has 1 atom stereocenters. The number of aliphatic hydroxyl groups excluding tert-OH is 1. The minimum atomic E-state index is -0.0107. The summed E-state index contributed by atoms with van der Waals surface area (Å²) in [5.41, 5.74) is 1.70. The molecule has 1 unspecified atom stereocenters. The van der Waals surface area contributed by atoms with Gasteiger partial charge in [-0.2, -0.15) is 0 Å². The molecule has 0 saturated heterocycles. The Morgan fingerprint density at radius 2 is 2.31 bits per heavy atom. The molecule has 1 N–H and O–H groups in total. The predicted octanol–water partition coefficient (Wildman–Crippen LogP) is 1.05. The molecule has 0 aromatic carbocycles. The van der Waals surface area contributed by atoms with Crippen LogP contribution in [0, 0.1) is 12.8 Å². The Morgan fingerprint density at radius 3 is 2.77 bits per heavy atom. The van der Waals surface area contributed by atoms with E-state index in [4.69, 9.17) is 5.11 Å². The summed E-state index contributed by atoms with van der Waals surface area (Å²) in [6, 6.07) is 0.438. The summed E-state index contributed by atoms with van der Waals surface area (Å²) >= 11 is 0. The van der Waals surface area contributed by atoms with E-state index < -0.39 is 0 Å². The van der Waals surface area contributed by atoms with E-state index in [0.717, 1.165) is 11.6 Å². The van der Waals surface area contributed by atoms with Gasteiger partial charge in [-0.25, -0.2) is 4.68 Å². The molecule has 72 valence electrons. The Bertz CT molecular complexity index is 304. The second kappa shape index (κ2) is 3.10. The van der Waals surface area contributed by atoms with E-state index in [1.54, 1.807) is 0 Å². The Kier molecular flexibility index (Phi) is 2.07. The molecule has 0 spiro atoms. The second-order valence-electron chi connectivity index (χ2n) is 3.80. The first-order valence-electron chi connectivity index (χ1n) is 4.75. The van der Waals surface area contributed by atoms with Crippen LogP contribution in [0.4, 0.5) is 0 Å². The smallest absolute Gasteiger partial charge is 0.111 e. The Labute approximate surface area is 77.6 Å². The van der Waals surface area contributed by atoms with E-state index >= 15 is 0 Å². The monoisotopic (exact) mass is 181 g/mol. The van der Waals surface area contributed by atoms with Gasteiger partial charge < -0.3 is 5.11 Å². The molecular weight excluding hydrogens is 166 g/mol. The highest BCUT2D eigenvalue weighted by atomic mass is 16.3. The van der Waals surface area contributed by atoms with Crippen LogP contribution in [-0.2, 0) is 6.61 Å². The molecule has 1 saturated carbocycles. The number of nitrogens with zero attached hydrogens (tertiary/aromatic N) is 3. The van der Waals surface area contributed by atoms with Crippen LogP contribution in [0.2, 0.25) is 0 Å². The molecule has 1 fully saturated rings. The fourth-order valence-electron chi connectivity index (χ4n) is 1.69. The number of rotatable bonds is 3. The molecule has 4 heteroatoms. The molecule has 0 radical (unpaired) electrons. The summed E-state index contributed by atoms with van der Waals surface area (Å²) < 4.78 is 1.93. The van der Waals surface area contributed by atoms with E-state index in [9.17, 15) is 0 Å². The van der Waals surface area contributed by atoms with Gasteiger partial charge in [0.25, 0.3) is 0 Å². The lowest BCUT2D eigenvalue weighted by molar-refractivity contribution is 0.275. The van der Waals surface area contributed by atoms with Crippen LogP contribution < -0.4 is 0 Å². The summed E-state index contributed by atoms with van der Waals surface area (Å²) in [4.78, 5) is 0. The Hall–Kier alpha value is -0.900. The van der Waals surface area contributed by atoms with Crippen molar-refractivity contribution in [3.05, 3.63) is 11.4 Å². The van der Waals surface area contributed by atoms with Crippen molar-refractivity contribution in [2.45, 2.75) is 39.3 Å². The van der Waals surface area contributed by atoms with Gasteiger partial charge >= 0.3 is 0 Å². The number of hydrogen-bond donors (Lipinski definition) is 1. The van der Waals surface area contributed by atoms with Crippen molar-refractivity contribution in [1.82, 2.24) is 15.0 Å². The van der Waals surface area contributed by atoms with Crippen molar-refractivity contribution in [3.63, 3.8) is 0 Å². The fraction of sp³-hybridized carbons (Fsp3) is 0.778. The van der Waals surface area contributed by atoms with Crippen molar-refractivity contribution in [1.29, 1.82) is 0 Å². The first kappa shape index (κ1) is 8.69. The lowest BCUT2D eigenvalue weighted by atomic mass is 10.2. The molecule has 2 rings (SSSR count). The predicted molar refractivity (Wildman–Crippen MR) is 48.1 cm³/mol. The molecule has 13 heavy (non-hydrogen) atoms. The molecule has 1 aromatic rings. The lowest BCUT2D eigenvalue weighted by Gasteiger charge is -2.11. The van der Waals surface area contributed by atoms with Gasteiger partial charge in [-0.1, -0.05) is 5.21 Å². The summed E-state index contributed by atoms with van der Waals surface area (Å²) in [6.07, 6.45) is 2.60. The van der Waals surface area contributed by atoms with Gasteiger partial charge in [0.1, 0.15) is 5.69 Å². The Balaban J connectivity index is 2.23. The number of hydrogen-bond acceptors (Lipinski definition) is 3. The van der Waals surface area contributed by atoms with Crippen LogP contribution in [0.15, 0.2) is 0 Å². The van der Waals surface area contributed by atoms with E-state index in [2.05, 4.69) is 17.2 Å². The van der Waals surface area contributed by atoms with E-state index in [1.165, 1.54) is 12.8 Å². The maximum Gasteiger partial charge on any atom is 0.111 e. The van der Waals surface area contributed by atoms with Crippen LogP contribution in [0.5, 0.6) is 0 Å². The zero-order valence-corrected chi connectivity index (χ0v) is 8.06. The molecule has 1 aliphatic carbocycles. The van der Waals surface area contributed by atoms with Crippen LogP contribution in [0.3, 0.4) is 0 Å². The minimum Gasteiger partial charge on any atom is -0.390 e. The third-order valence-electron chi connectivity index (χ3n) is 2.86. The van der Waals surface area contributed by atoms with Gasteiger partial charge in [0.15, 0.2) is 0 Å². The van der Waals surface area contributed by atoms with Gasteiger partial charge in [-0.05, 0) is 32.6 Å². The Morgan fingerprint density at radius 1 is 1.62 bits per heavy atom. The van der Waals surface area contributed by atoms with Crippen molar-refractivity contribution >= 4 is 0 Å². The van der Waals surface area contributed by atoms with Crippen molar-refractivity contribution in [2.75, 3.05) is 0 Å². The standard InChI is InChI=1S/C9H15N3O/c1-6(8-3-4-8)12-7(2)9(5-13)10-11-12/h6,8,13H,3-5H2,1-2H3. The molecule has 1 aliphatic rings. The SMILES string of the molecule is Cc1c(CO)nnn1C(C)C1CC1. The topological polar surface area (TPSA) is 50.9 Å². The lowest BCUT2D eigenvalue weighted by Crippen LogP contribution is -2.10. The molecule has 1 aromatic heterocycles. The van der Waals surface area contributed by atoms with Crippen LogP contribution in [0.1, 0.15) is 37.2 Å². The van der Waals surface area contributed by atoms with Crippen molar-refractivity contribution in [3.8, 4) is 0 Å². The molecule has 0 aliphatic heterocycles. The van der Waals surface area contributed by atoms with E-state index in [-0.39, 0.29) is 6.61 Å². The van der Waals surface area contributed by atoms with Gasteiger partial charge in [0, 0.05) is 0 Å². The van der Waals surface area contributed by atoms with Crippen molar-refractivity contribution in [2.24, 2.45) is 5.92 Å². The summed E-state index contributed by atoms with van der Waals surface area (Å²) in [7, 11) is 0. The molecule has 4 nitrogen and oxygen atoms in total. The number of aromatic nitrogens is 3. The van der Waals surface area contributed by atoms with Gasteiger partial charge in [0.05, 0.1) is 18.3 Å². The normalized spacial score (nSPS) is 19.0. The summed E-state index contributed by atoms with van der Waals surface area (Å²) in [5, 5.41) is 16.9. The minimum absolute atomic E-state index is 0.0107. The van der Waals surface area contributed by atoms with Crippen LogP contribution in [-0.4, -0.2) is 20.1 Å². The highest BCUT2D eigenvalue weighted by Gasteiger charge is 2.30. The maximum absolute atomic E-state index is 8.95. The van der Waals surface area contributed by atoms with Crippen LogP contribution in [0.25, 0.3) is 0 Å². The molecule has 0 amide bonds. The maximum atomic E-state index is 8.95. The fourth-order valence-corrected chi connectivity index (χ4v) is 1.69. The quantitative estimate of drug-likeness (QED) is 0.758. The molecule has 1 heterocycles. The molecular formula is C9H15N3O. The highest BCUT2D eigenvalue weighted by molar-refractivity contribution is 5.07. The average molecular weight is 181 g/mol.